The molecule has 3 aromatic carbocycles. The van der Waals surface area contributed by atoms with Gasteiger partial charge in [0.2, 0.25) is 0 Å². The predicted molar refractivity (Wildman–Crippen MR) is 133 cm³/mol. The van der Waals surface area contributed by atoms with Crippen LogP contribution in [0.2, 0.25) is 0 Å². The summed E-state index contributed by atoms with van der Waals surface area (Å²) >= 11 is 0. The highest BCUT2D eigenvalue weighted by atomic mass is 16.5. The number of hydrogen-bond acceptors (Lipinski definition) is 3. The Hall–Kier alpha value is -3.60. The molecule has 0 bridgehead atoms. The average molecular weight is 442 g/mol. The third-order valence-corrected chi connectivity index (χ3v) is 5.86. The van der Waals surface area contributed by atoms with Crippen LogP contribution in [0.25, 0.3) is 11.0 Å². The van der Waals surface area contributed by atoms with Crippen molar-refractivity contribution >= 4 is 16.9 Å². The molecule has 1 N–H and O–H groups in total. The SMILES string of the molecule is Cc1ccc(C(=O)NC(C)c2nc3ccccc3n2CCOc2ccc(C(C)C)cc2)cc1. The number of amides is 1. The molecule has 5 nitrogen and oxygen atoms in total. The molecule has 4 aromatic rings. The molecule has 0 aliphatic heterocycles. The molecule has 1 amide bonds. The molecule has 170 valence electrons. The monoisotopic (exact) mass is 441 g/mol. The van der Waals surface area contributed by atoms with Crippen LogP contribution in [0, 0.1) is 6.92 Å². The van der Waals surface area contributed by atoms with Crippen molar-refractivity contribution in [1.82, 2.24) is 14.9 Å². The highest BCUT2D eigenvalue weighted by molar-refractivity contribution is 5.94. The molecule has 0 radical (unpaired) electrons. The second kappa shape index (κ2) is 9.90. The molecule has 0 spiro atoms. The maximum absolute atomic E-state index is 12.8. The molecule has 1 unspecified atom stereocenters. The number of aryl methyl sites for hydroxylation is 1. The fourth-order valence-corrected chi connectivity index (χ4v) is 3.91. The van der Waals surface area contributed by atoms with E-state index in [0.29, 0.717) is 24.6 Å². The third-order valence-electron chi connectivity index (χ3n) is 5.86. The molecular weight excluding hydrogens is 410 g/mol. The van der Waals surface area contributed by atoms with Crippen LogP contribution in [-0.2, 0) is 6.54 Å². The Kier molecular flexibility index (Phi) is 6.78. The van der Waals surface area contributed by atoms with E-state index in [0.717, 1.165) is 28.2 Å². The van der Waals surface area contributed by atoms with Crippen LogP contribution in [-0.4, -0.2) is 22.1 Å². The Labute approximate surface area is 195 Å². The van der Waals surface area contributed by atoms with Gasteiger partial charge in [0.1, 0.15) is 18.2 Å². The Morgan fingerprint density at radius 1 is 0.970 bits per heavy atom. The van der Waals surface area contributed by atoms with Gasteiger partial charge in [0.15, 0.2) is 0 Å². The summed E-state index contributed by atoms with van der Waals surface area (Å²) in [5.41, 5.74) is 5.00. The molecule has 0 saturated carbocycles. The van der Waals surface area contributed by atoms with Crippen LogP contribution in [0.1, 0.15) is 60.0 Å². The summed E-state index contributed by atoms with van der Waals surface area (Å²) in [6, 6.07) is 23.6. The largest absolute Gasteiger partial charge is 0.492 e. The molecule has 1 aromatic heterocycles. The van der Waals surface area contributed by atoms with E-state index in [9.17, 15) is 4.79 Å². The van der Waals surface area contributed by atoms with Crippen LogP contribution in [0.4, 0.5) is 0 Å². The van der Waals surface area contributed by atoms with Gasteiger partial charge in [0.25, 0.3) is 5.91 Å². The smallest absolute Gasteiger partial charge is 0.251 e. The number of carbonyl (C=O) groups is 1. The zero-order chi connectivity index (χ0) is 23.4. The van der Waals surface area contributed by atoms with E-state index in [1.54, 1.807) is 0 Å². The summed E-state index contributed by atoms with van der Waals surface area (Å²) in [5, 5.41) is 3.10. The lowest BCUT2D eigenvalue weighted by Gasteiger charge is -2.17. The molecule has 0 saturated heterocycles. The lowest BCUT2D eigenvalue weighted by molar-refractivity contribution is 0.0937. The van der Waals surface area contributed by atoms with Crippen molar-refractivity contribution in [1.29, 1.82) is 0 Å². The highest BCUT2D eigenvalue weighted by Crippen LogP contribution is 2.22. The number of aromatic nitrogens is 2. The zero-order valence-electron chi connectivity index (χ0n) is 19.7. The number of fused-ring (bicyclic) bond motifs is 1. The van der Waals surface area contributed by atoms with E-state index in [1.807, 2.05) is 68.4 Å². The first-order chi connectivity index (χ1) is 15.9. The van der Waals surface area contributed by atoms with Gasteiger partial charge in [0.05, 0.1) is 23.6 Å². The summed E-state index contributed by atoms with van der Waals surface area (Å²) in [6.07, 6.45) is 0. The van der Waals surface area contributed by atoms with E-state index >= 15 is 0 Å². The van der Waals surface area contributed by atoms with E-state index in [4.69, 9.17) is 9.72 Å². The third kappa shape index (κ3) is 5.25. The number of ether oxygens (including phenoxy) is 1. The van der Waals surface area contributed by atoms with Crippen molar-refractivity contribution in [2.24, 2.45) is 0 Å². The lowest BCUT2D eigenvalue weighted by Crippen LogP contribution is -2.29. The molecular formula is C28H31N3O2. The number of nitrogens with one attached hydrogen (secondary N) is 1. The number of nitrogens with zero attached hydrogens (tertiary/aromatic N) is 2. The van der Waals surface area contributed by atoms with Gasteiger partial charge in [-0.3, -0.25) is 4.79 Å². The molecule has 1 heterocycles. The van der Waals surface area contributed by atoms with Crippen molar-refractivity contribution in [3.05, 3.63) is 95.3 Å². The van der Waals surface area contributed by atoms with E-state index in [-0.39, 0.29) is 11.9 Å². The van der Waals surface area contributed by atoms with Gasteiger partial charge in [-0.15, -0.1) is 0 Å². The van der Waals surface area contributed by atoms with Crippen molar-refractivity contribution in [3.63, 3.8) is 0 Å². The van der Waals surface area contributed by atoms with Gasteiger partial charge >= 0.3 is 0 Å². The molecule has 0 aliphatic carbocycles. The van der Waals surface area contributed by atoms with Crippen molar-refractivity contribution in [2.75, 3.05) is 6.61 Å². The maximum atomic E-state index is 12.8. The molecule has 33 heavy (non-hydrogen) atoms. The fourth-order valence-electron chi connectivity index (χ4n) is 3.91. The summed E-state index contributed by atoms with van der Waals surface area (Å²) in [6.45, 7) is 9.48. The first-order valence-electron chi connectivity index (χ1n) is 11.5. The van der Waals surface area contributed by atoms with Gasteiger partial charge < -0.3 is 14.6 Å². The number of carbonyl (C=O) groups excluding carboxylic acids is 1. The molecule has 0 fully saturated rings. The minimum absolute atomic E-state index is 0.109. The molecule has 0 aliphatic rings. The minimum atomic E-state index is -0.253. The van der Waals surface area contributed by atoms with Crippen LogP contribution < -0.4 is 10.1 Å². The van der Waals surface area contributed by atoms with Crippen molar-refractivity contribution in [3.8, 4) is 5.75 Å². The summed E-state index contributed by atoms with van der Waals surface area (Å²) in [7, 11) is 0. The van der Waals surface area contributed by atoms with E-state index < -0.39 is 0 Å². The van der Waals surface area contributed by atoms with Crippen molar-refractivity contribution < 1.29 is 9.53 Å². The maximum Gasteiger partial charge on any atom is 0.251 e. The summed E-state index contributed by atoms with van der Waals surface area (Å²) < 4.78 is 8.16. The fraction of sp³-hybridized carbons (Fsp3) is 0.286. The number of rotatable bonds is 8. The molecule has 1 atom stereocenters. The first-order valence-corrected chi connectivity index (χ1v) is 11.5. The highest BCUT2D eigenvalue weighted by Gasteiger charge is 2.19. The number of imidazole rings is 1. The number of para-hydroxylation sites is 2. The average Bonchev–Trinajstić information content (AvgIpc) is 3.18. The van der Waals surface area contributed by atoms with Gasteiger partial charge in [-0.25, -0.2) is 4.98 Å². The quantitative estimate of drug-likeness (QED) is 0.363. The van der Waals surface area contributed by atoms with Crippen LogP contribution in [0.5, 0.6) is 5.75 Å². The summed E-state index contributed by atoms with van der Waals surface area (Å²) in [5.74, 6) is 2.06. The van der Waals surface area contributed by atoms with Crippen LogP contribution in [0.3, 0.4) is 0 Å². The Bertz CT molecular complexity index is 1220. The topological polar surface area (TPSA) is 56.2 Å². The second-order valence-electron chi connectivity index (χ2n) is 8.74. The van der Waals surface area contributed by atoms with Crippen molar-refractivity contribution in [2.45, 2.75) is 46.2 Å². The van der Waals surface area contributed by atoms with E-state index in [1.165, 1.54) is 5.56 Å². The van der Waals surface area contributed by atoms with Gasteiger partial charge in [-0.2, -0.15) is 0 Å². The zero-order valence-corrected chi connectivity index (χ0v) is 19.7. The number of benzene rings is 3. The normalized spacial score (nSPS) is 12.2. The molecule has 5 heteroatoms. The number of hydrogen-bond donors (Lipinski definition) is 1. The van der Waals surface area contributed by atoms with Gasteiger partial charge in [-0.1, -0.05) is 55.8 Å². The lowest BCUT2D eigenvalue weighted by atomic mass is 10.0. The van der Waals surface area contributed by atoms with Gasteiger partial charge in [-0.05, 0) is 61.7 Å². The standard InChI is InChI=1S/C28H31N3O2/c1-19(2)22-13-15-24(16-14-22)33-18-17-31-26-8-6-5-7-25(26)30-27(31)21(4)29-28(32)23-11-9-20(3)10-12-23/h5-16,19,21H,17-18H2,1-4H3,(H,29,32). The minimum Gasteiger partial charge on any atom is -0.492 e. The molecule has 4 rings (SSSR count). The van der Waals surface area contributed by atoms with Gasteiger partial charge in [0, 0.05) is 5.56 Å². The van der Waals surface area contributed by atoms with Crippen LogP contribution >= 0.6 is 0 Å². The Morgan fingerprint density at radius 3 is 2.36 bits per heavy atom. The second-order valence-corrected chi connectivity index (χ2v) is 8.74. The summed E-state index contributed by atoms with van der Waals surface area (Å²) in [4.78, 5) is 17.6. The Balaban J connectivity index is 1.50. The van der Waals surface area contributed by atoms with E-state index in [2.05, 4.69) is 41.9 Å². The van der Waals surface area contributed by atoms with Crippen LogP contribution in [0.15, 0.2) is 72.8 Å². The first kappa shape index (κ1) is 22.6. The predicted octanol–water partition coefficient (Wildman–Crippen LogP) is 6.04. The Morgan fingerprint density at radius 2 is 1.67 bits per heavy atom.